The van der Waals surface area contributed by atoms with Crippen molar-refractivity contribution in [1.29, 1.82) is 0 Å². The second kappa shape index (κ2) is 4.70. The van der Waals surface area contributed by atoms with Crippen LogP contribution in [0.25, 0.3) is 0 Å². The molecule has 1 saturated carbocycles. The molecule has 0 saturated heterocycles. The second-order valence-corrected chi connectivity index (χ2v) is 4.15. The molecule has 4 N–H and O–H groups in total. The van der Waals surface area contributed by atoms with Gasteiger partial charge in [0.1, 0.15) is 0 Å². The summed E-state index contributed by atoms with van der Waals surface area (Å²) >= 11 is 0. The van der Waals surface area contributed by atoms with Crippen LogP contribution in [0.2, 0.25) is 0 Å². The molecule has 0 amide bonds. The van der Waals surface area contributed by atoms with Crippen molar-refractivity contribution in [2.45, 2.75) is 31.7 Å². The molecule has 2 rings (SSSR count). The van der Waals surface area contributed by atoms with Crippen LogP contribution in [0.4, 0.5) is 11.9 Å². The van der Waals surface area contributed by atoms with E-state index in [1.54, 1.807) is 0 Å². The molecular formula is C10H17N5O2. The first-order valence-electron chi connectivity index (χ1n) is 5.71. The molecule has 1 fully saturated rings. The van der Waals surface area contributed by atoms with E-state index in [2.05, 4.69) is 20.3 Å². The minimum Gasteiger partial charge on any atom is -0.464 e. The van der Waals surface area contributed by atoms with Crippen LogP contribution in [0.5, 0.6) is 6.01 Å². The zero-order chi connectivity index (χ0) is 12.3. The van der Waals surface area contributed by atoms with Gasteiger partial charge < -0.3 is 20.9 Å². The van der Waals surface area contributed by atoms with E-state index in [1.165, 1.54) is 0 Å². The lowest BCUT2D eigenvalue weighted by atomic mass is 9.77. The number of ether oxygens (including phenoxy) is 1. The van der Waals surface area contributed by atoms with Gasteiger partial charge in [-0.05, 0) is 26.2 Å². The number of aliphatic hydroxyl groups excluding tert-OH is 1. The van der Waals surface area contributed by atoms with Crippen molar-refractivity contribution < 1.29 is 9.84 Å². The van der Waals surface area contributed by atoms with Crippen molar-refractivity contribution in [2.75, 3.05) is 24.3 Å². The van der Waals surface area contributed by atoms with Gasteiger partial charge in [-0.15, -0.1) is 0 Å². The van der Waals surface area contributed by atoms with Gasteiger partial charge in [0.25, 0.3) is 0 Å². The van der Waals surface area contributed by atoms with Gasteiger partial charge in [-0.3, -0.25) is 0 Å². The highest BCUT2D eigenvalue weighted by Crippen LogP contribution is 2.34. The number of nitrogens with one attached hydrogen (secondary N) is 1. The van der Waals surface area contributed by atoms with Crippen molar-refractivity contribution in [3.8, 4) is 6.01 Å². The molecular weight excluding hydrogens is 222 g/mol. The quantitative estimate of drug-likeness (QED) is 0.672. The van der Waals surface area contributed by atoms with E-state index >= 15 is 0 Å². The number of rotatable bonds is 5. The Hall–Kier alpha value is -1.63. The molecule has 1 aliphatic rings. The number of nitrogens with two attached hydrogens (primary N) is 1. The largest absolute Gasteiger partial charge is 0.464 e. The maximum Gasteiger partial charge on any atom is 0.323 e. The number of anilines is 2. The van der Waals surface area contributed by atoms with Gasteiger partial charge in [0.05, 0.1) is 18.8 Å². The number of hydrogen-bond acceptors (Lipinski definition) is 7. The molecule has 1 heterocycles. The van der Waals surface area contributed by atoms with Crippen LogP contribution < -0.4 is 15.8 Å². The standard InChI is InChI=1S/C10H17N5O2/c1-2-17-9-13-7(11)12-8(14-9)15-10(6-16)4-3-5-10/h16H,2-6H2,1H3,(H3,11,12,13,14,15). The molecule has 7 heteroatoms. The summed E-state index contributed by atoms with van der Waals surface area (Å²) in [5, 5.41) is 12.5. The first-order chi connectivity index (χ1) is 8.17. The Kier molecular flexibility index (Phi) is 3.28. The Morgan fingerprint density at radius 2 is 2.18 bits per heavy atom. The van der Waals surface area contributed by atoms with Gasteiger partial charge in [-0.2, -0.15) is 15.0 Å². The third-order valence-corrected chi connectivity index (χ3v) is 2.90. The highest BCUT2D eigenvalue weighted by molar-refractivity contribution is 5.36. The second-order valence-electron chi connectivity index (χ2n) is 4.15. The first-order valence-corrected chi connectivity index (χ1v) is 5.71. The summed E-state index contributed by atoms with van der Waals surface area (Å²) in [5.41, 5.74) is 5.26. The average molecular weight is 239 g/mol. The van der Waals surface area contributed by atoms with Gasteiger partial charge >= 0.3 is 6.01 Å². The van der Waals surface area contributed by atoms with E-state index in [0.29, 0.717) is 12.6 Å². The number of aromatic nitrogens is 3. The summed E-state index contributed by atoms with van der Waals surface area (Å²) in [6.45, 7) is 2.37. The SMILES string of the molecule is CCOc1nc(N)nc(NC2(CO)CCC2)n1. The molecule has 1 aromatic rings. The Balaban J connectivity index is 2.14. The molecule has 7 nitrogen and oxygen atoms in total. The van der Waals surface area contributed by atoms with Gasteiger partial charge in [0.2, 0.25) is 11.9 Å². The molecule has 0 bridgehead atoms. The van der Waals surface area contributed by atoms with Crippen LogP contribution >= 0.6 is 0 Å². The van der Waals surface area contributed by atoms with Crippen LogP contribution in [-0.2, 0) is 0 Å². The fourth-order valence-electron chi connectivity index (χ4n) is 1.79. The summed E-state index contributed by atoms with van der Waals surface area (Å²) in [4.78, 5) is 11.9. The van der Waals surface area contributed by atoms with Gasteiger partial charge in [-0.1, -0.05) is 0 Å². The number of nitrogen functional groups attached to an aromatic ring is 1. The minimum atomic E-state index is -0.308. The first kappa shape index (κ1) is 11.8. The normalized spacial score (nSPS) is 17.3. The van der Waals surface area contributed by atoms with Crippen LogP contribution in [0, 0.1) is 0 Å². The van der Waals surface area contributed by atoms with Crippen LogP contribution in [0.3, 0.4) is 0 Å². The molecule has 1 aliphatic carbocycles. The summed E-state index contributed by atoms with van der Waals surface area (Å²) in [5.74, 6) is 0.466. The highest BCUT2D eigenvalue weighted by Gasteiger charge is 2.37. The van der Waals surface area contributed by atoms with Gasteiger partial charge in [0, 0.05) is 0 Å². The highest BCUT2D eigenvalue weighted by atomic mass is 16.5. The van der Waals surface area contributed by atoms with E-state index in [9.17, 15) is 5.11 Å². The smallest absolute Gasteiger partial charge is 0.323 e. The molecule has 94 valence electrons. The molecule has 0 radical (unpaired) electrons. The van der Waals surface area contributed by atoms with Crippen LogP contribution in [-0.4, -0.2) is 38.8 Å². The molecule has 1 aromatic heterocycles. The monoisotopic (exact) mass is 239 g/mol. The van der Waals surface area contributed by atoms with Crippen LogP contribution in [0.15, 0.2) is 0 Å². The molecule has 0 unspecified atom stereocenters. The van der Waals surface area contributed by atoms with E-state index in [1.807, 2.05) is 6.92 Å². The average Bonchev–Trinajstić information content (AvgIpc) is 2.23. The summed E-state index contributed by atoms with van der Waals surface area (Å²) in [6.07, 6.45) is 2.89. The van der Waals surface area contributed by atoms with Crippen molar-refractivity contribution in [3.63, 3.8) is 0 Å². The van der Waals surface area contributed by atoms with Crippen LogP contribution in [0.1, 0.15) is 26.2 Å². The maximum absolute atomic E-state index is 9.34. The van der Waals surface area contributed by atoms with E-state index in [-0.39, 0.29) is 24.1 Å². The van der Waals surface area contributed by atoms with Gasteiger partial charge in [-0.25, -0.2) is 0 Å². The third kappa shape index (κ3) is 2.55. The molecule has 0 aliphatic heterocycles. The van der Waals surface area contributed by atoms with Gasteiger partial charge in [0.15, 0.2) is 0 Å². The summed E-state index contributed by atoms with van der Waals surface area (Å²) in [7, 11) is 0. The fourth-order valence-corrected chi connectivity index (χ4v) is 1.79. The van der Waals surface area contributed by atoms with E-state index in [0.717, 1.165) is 19.3 Å². The van der Waals surface area contributed by atoms with Crippen molar-refractivity contribution in [3.05, 3.63) is 0 Å². The predicted molar refractivity (Wildman–Crippen MR) is 62.7 cm³/mol. The summed E-state index contributed by atoms with van der Waals surface area (Å²) in [6, 6.07) is 0.204. The summed E-state index contributed by atoms with van der Waals surface area (Å²) < 4.78 is 5.18. The lowest BCUT2D eigenvalue weighted by Crippen LogP contribution is -2.48. The Bertz CT molecular complexity index is 389. The molecule has 0 aromatic carbocycles. The number of nitrogens with zero attached hydrogens (tertiary/aromatic N) is 3. The topological polar surface area (TPSA) is 106 Å². The zero-order valence-electron chi connectivity index (χ0n) is 9.81. The van der Waals surface area contributed by atoms with E-state index in [4.69, 9.17) is 10.5 Å². The lowest BCUT2D eigenvalue weighted by Gasteiger charge is -2.40. The van der Waals surface area contributed by atoms with E-state index < -0.39 is 0 Å². The predicted octanol–water partition coefficient (Wildman–Crippen LogP) is 0.179. The molecule has 0 spiro atoms. The minimum absolute atomic E-state index is 0.0581. The molecule has 0 atom stereocenters. The molecule has 17 heavy (non-hydrogen) atoms. The number of hydrogen-bond donors (Lipinski definition) is 3. The third-order valence-electron chi connectivity index (χ3n) is 2.90. The lowest BCUT2D eigenvalue weighted by molar-refractivity contribution is 0.143. The zero-order valence-corrected chi connectivity index (χ0v) is 9.81. The van der Waals surface area contributed by atoms with Crippen molar-refractivity contribution in [1.82, 2.24) is 15.0 Å². The maximum atomic E-state index is 9.34. The Morgan fingerprint density at radius 3 is 2.71 bits per heavy atom. The Labute approximate surface area is 99.4 Å². The van der Waals surface area contributed by atoms with Crippen molar-refractivity contribution >= 4 is 11.9 Å². The number of aliphatic hydroxyl groups is 1. The fraction of sp³-hybridized carbons (Fsp3) is 0.700. The van der Waals surface area contributed by atoms with Crippen molar-refractivity contribution in [2.24, 2.45) is 0 Å². The Morgan fingerprint density at radius 1 is 1.41 bits per heavy atom.